The van der Waals surface area contributed by atoms with Gasteiger partial charge >= 0.3 is 0 Å². The monoisotopic (exact) mass is 142 g/mol. The third-order valence-electron chi connectivity index (χ3n) is 1.08. The van der Waals surface area contributed by atoms with Gasteiger partial charge in [0.1, 0.15) is 0 Å². The van der Waals surface area contributed by atoms with Gasteiger partial charge in [-0.2, -0.15) is 0 Å². The highest BCUT2D eigenvalue weighted by atomic mass is 16.1. The molecule has 0 fully saturated rings. The van der Waals surface area contributed by atoms with Crippen molar-refractivity contribution < 1.29 is 4.79 Å². The summed E-state index contributed by atoms with van der Waals surface area (Å²) in [4.78, 5) is 10.6. The van der Waals surface area contributed by atoms with Gasteiger partial charge in [-0.25, -0.2) is 0 Å². The maximum Gasteiger partial charge on any atom is 0.245 e. The standard InChI is InChI=1S/C7H14N2O/c1-2-3-6-9-7(10)4-5-8/h4-5H,2-3,6,8H2,1H3,(H,9,10)/b5-4-. The van der Waals surface area contributed by atoms with E-state index in [2.05, 4.69) is 12.2 Å². The Balaban J connectivity index is 3.22. The molecule has 0 aliphatic heterocycles. The van der Waals surface area contributed by atoms with Crippen molar-refractivity contribution >= 4 is 5.91 Å². The summed E-state index contributed by atoms with van der Waals surface area (Å²) in [7, 11) is 0. The van der Waals surface area contributed by atoms with E-state index in [4.69, 9.17) is 5.73 Å². The molecule has 0 aromatic rings. The molecule has 58 valence electrons. The third kappa shape index (κ3) is 5.15. The van der Waals surface area contributed by atoms with Gasteiger partial charge in [-0.3, -0.25) is 4.79 Å². The molecule has 0 aliphatic rings. The first-order valence-electron chi connectivity index (χ1n) is 3.47. The van der Waals surface area contributed by atoms with Gasteiger partial charge in [-0.1, -0.05) is 13.3 Å². The van der Waals surface area contributed by atoms with Crippen molar-refractivity contribution in [3.63, 3.8) is 0 Å². The normalized spacial score (nSPS) is 10.1. The van der Waals surface area contributed by atoms with Crippen molar-refractivity contribution in [3.05, 3.63) is 12.3 Å². The first kappa shape index (κ1) is 9.01. The Morgan fingerprint density at radius 2 is 2.40 bits per heavy atom. The molecule has 0 unspecified atom stereocenters. The highest BCUT2D eigenvalue weighted by molar-refractivity contribution is 5.87. The second-order valence-electron chi connectivity index (χ2n) is 2.00. The summed E-state index contributed by atoms with van der Waals surface area (Å²) < 4.78 is 0. The number of carbonyl (C=O) groups is 1. The summed E-state index contributed by atoms with van der Waals surface area (Å²) in [5.41, 5.74) is 4.99. The molecule has 3 heteroatoms. The van der Waals surface area contributed by atoms with Gasteiger partial charge in [0, 0.05) is 12.6 Å². The van der Waals surface area contributed by atoms with E-state index in [-0.39, 0.29) is 5.91 Å². The minimum Gasteiger partial charge on any atom is -0.404 e. The highest BCUT2D eigenvalue weighted by Gasteiger charge is 1.90. The van der Waals surface area contributed by atoms with Crippen LogP contribution in [-0.2, 0) is 4.79 Å². The molecule has 0 bridgehead atoms. The lowest BCUT2D eigenvalue weighted by molar-refractivity contribution is -0.116. The fraction of sp³-hybridized carbons (Fsp3) is 0.571. The molecule has 0 atom stereocenters. The van der Waals surface area contributed by atoms with Crippen LogP contribution >= 0.6 is 0 Å². The summed E-state index contributed by atoms with van der Waals surface area (Å²) in [6, 6.07) is 0. The highest BCUT2D eigenvalue weighted by Crippen LogP contribution is 1.81. The average molecular weight is 142 g/mol. The first-order chi connectivity index (χ1) is 4.81. The van der Waals surface area contributed by atoms with E-state index in [0.717, 1.165) is 19.4 Å². The smallest absolute Gasteiger partial charge is 0.245 e. The summed E-state index contributed by atoms with van der Waals surface area (Å²) in [6.45, 7) is 2.81. The zero-order chi connectivity index (χ0) is 7.82. The lowest BCUT2D eigenvalue weighted by Crippen LogP contribution is -2.22. The Morgan fingerprint density at radius 3 is 2.90 bits per heavy atom. The van der Waals surface area contributed by atoms with Crippen LogP contribution in [0.3, 0.4) is 0 Å². The van der Waals surface area contributed by atoms with E-state index in [9.17, 15) is 4.79 Å². The molecular formula is C7H14N2O. The molecule has 0 radical (unpaired) electrons. The quantitative estimate of drug-likeness (QED) is 0.440. The maximum atomic E-state index is 10.6. The molecule has 0 heterocycles. The topological polar surface area (TPSA) is 55.1 Å². The average Bonchev–Trinajstić information content (AvgIpc) is 1.89. The number of amides is 1. The minimum atomic E-state index is -0.115. The SMILES string of the molecule is CCCCNC(=O)/C=C\N. The second-order valence-corrected chi connectivity index (χ2v) is 2.00. The number of nitrogens with two attached hydrogens (primary N) is 1. The minimum absolute atomic E-state index is 0.115. The van der Waals surface area contributed by atoms with Crippen LogP contribution in [0, 0.1) is 0 Å². The van der Waals surface area contributed by atoms with Crippen LogP contribution in [0.15, 0.2) is 12.3 Å². The van der Waals surface area contributed by atoms with Crippen LogP contribution in [0.4, 0.5) is 0 Å². The van der Waals surface area contributed by atoms with Crippen LogP contribution < -0.4 is 11.1 Å². The van der Waals surface area contributed by atoms with Crippen molar-refractivity contribution in [2.24, 2.45) is 5.73 Å². The number of carbonyl (C=O) groups excluding carboxylic acids is 1. The third-order valence-corrected chi connectivity index (χ3v) is 1.08. The van der Waals surface area contributed by atoms with Gasteiger partial charge in [-0.05, 0) is 12.6 Å². The van der Waals surface area contributed by atoms with E-state index in [1.54, 1.807) is 0 Å². The van der Waals surface area contributed by atoms with Crippen LogP contribution in [0.1, 0.15) is 19.8 Å². The zero-order valence-electron chi connectivity index (χ0n) is 6.26. The number of hydrogen-bond donors (Lipinski definition) is 2. The molecule has 0 saturated carbocycles. The Morgan fingerprint density at radius 1 is 1.70 bits per heavy atom. The van der Waals surface area contributed by atoms with E-state index >= 15 is 0 Å². The van der Waals surface area contributed by atoms with Gasteiger partial charge in [0.05, 0.1) is 0 Å². The molecule has 0 aromatic carbocycles. The Bertz CT molecular complexity index is 121. The molecule has 3 nitrogen and oxygen atoms in total. The summed E-state index contributed by atoms with van der Waals surface area (Å²) >= 11 is 0. The summed E-state index contributed by atoms with van der Waals surface area (Å²) in [5, 5.41) is 2.68. The number of rotatable bonds is 4. The van der Waals surface area contributed by atoms with Gasteiger partial charge in [0.25, 0.3) is 0 Å². The fourth-order valence-corrected chi connectivity index (χ4v) is 0.535. The van der Waals surface area contributed by atoms with Gasteiger partial charge in [0.15, 0.2) is 0 Å². The van der Waals surface area contributed by atoms with Crippen molar-refractivity contribution in [1.29, 1.82) is 0 Å². The second kappa shape index (κ2) is 6.13. The van der Waals surface area contributed by atoms with E-state index < -0.39 is 0 Å². The lowest BCUT2D eigenvalue weighted by Gasteiger charge is -1.97. The fourth-order valence-electron chi connectivity index (χ4n) is 0.535. The number of hydrogen-bond acceptors (Lipinski definition) is 2. The van der Waals surface area contributed by atoms with E-state index in [1.165, 1.54) is 12.3 Å². The van der Waals surface area contributed by atoms with Crippen molar-refractivity contribution in [3.8, 4) is 0 Å². The van der Waals surface area contributed by atoms with Crippen molar-refractivity contribution in [2.45, 2.75) is 19.8 Å². The zero-order valence-corrected chi connectivity index (χ0v) is 6.26. The molecule has 0 spiro atoms. The lowest BCUT2D eigenvalue weighted by atomic mass is 10.3. The number of unbranched alkanes of at least 4 members (excludes halogenated alkanes) is 1. The summed E-state index contributed by atoms with van der Waals surface area (Å²) in [5.74, 6) is -0.115. The summed E-state index contributed by atoms with van der Waals surface area (Å²) in [6.07, 6.45) is 4.66. The predicted molar refractivity (Wildman–Crippen MR) is 41.2 cm³/mol. The van der Waals surface area contributed by atoms with E-state index in [1.807, 2.05) is 0 Å². The van der Waals surface area contributed by atoms with Gasteiger partial charge in [0.2, 0.25) is 5.91 Å². The predicted octanol–water partition coefficient (Wildman–Crippen LogP) is 0.375. The molecular weight excluding hydrogens is 128 g/mol. The Kier molecular flexibility index (Phi) is 5.53. The van der Waals surface area contributed by atoms with Crippen LogP contribution in [-0.4, -0.2) is 12.5 Å². The molecule has 0 aromatic heterocycles. The van der Waals surface area contributed by atoms with Gasteiger partial charge in [-0.15, -0.1) is 0 Å². The Hall–Kier alpha value is -0.990. The molecule has 0 aliphatic carbocycles. The first-order valence-corrected chi connectivity index (χ1v) is 3.47. The van der Waals surface area contributed by atoms with Gasteiger partial charge < -0.3 is 11.1 Å². The molecule has 0 rings (SSSR count). The molecule has 1 amide bonds. The Labute approximate surface area is 61.3 Å². The van der Waals surface area contributed by atoms with Crippen LogP contribution in [0.2, 0.25) is 0 Å². The maximum absolute atomic E-state index is 10.6. The van der Waals surface area contributed by atoms with Crippen LogP contribution in [0.5, 0.6) is 0 Å². The van der Waals surface area contributed by atoms with Crippen molar-refractivity contribution in [2.75, 3.05) is 6.54 Å². The molecule has 3 N–H and O–H groups in total. The molecule has 10 heavy (non-hydrogen) atoms. The number of nitrogens with one attached hydrogen (secondary N) is 1. The molecule has 0 saturated heterocycles. The van der Waals surface area contributed by atoms with E-state index in [0.29, 0.717) is 0 Å². The van der Waals surface area contributed by atoms with Crippen molar-refractivity contribution in [1.82, 2.24) is 5.32 Å². The largest absolute Gasteiger partial charge is 0.404 e. The van der Waals surface area contributed by atoms with Crippen LogP contribution in [0.25, 0.3) is 0 Å².